The van der Waals surface area contributed by atoms with Crippen LogP contribution in [0.2, 0.25) is 0 Å². The van der Waals surface area contributed by atoms with Gasteiger partial charge in [-0.1, -0.05) is 36.4 Å². The zero-order valence-corrected chi connectivity index (χ0v) is 19.3. The number of benzene rings is 3. The third kappa shape index (κ3) is 5.60. The topological polar surface area (TPSA) is 79.0 Å². The molecule has 0 bridgehead atoms. The summed E-state index contributed by atoms with van der Waals surface area (Å²) in [4.78, 5) is 15.1. The summed E-state index contributed by atoms with van der Waals surface area (Å²) in [5.41, 5.74) is 2.32. The van der Waals surface area contributed by atoms with E-state index in [-0.39, 0.29) is 5.91 Å². The first-order valence-electron chi connectivity index (χ1n) is 10.8. The molecule has 4 rings (SSSR count). The molecule has 33 heavy (non-hydrogen) atoms. The highest BCUT2D eigenvalue weighted by atomic mass is 32.2. The molecule has 0 atom stereocenters. The molecular weight excluding hydrogens is 438 g/mol. The summed E-state index contributed by atoms with van der Waals surface area (Å²) in [5, 5.41) is 2.87. The second-order valence-corrected chi connectivity index (χ2v) is 9.81. The summed E-state index contributed by atoms with van der Waals surface area (Å²) in [5.74, 6) is 0.495. The van der Waals surface area contributed by atoms with E-state index in [0.29, 0.717) is 54.6 Å². The largest absolute Gasteiger partial charge is 0.497 e. The SMILES string of the molecule is COc1cccc(NC(=O)c2ccc(CN3CCN(S(=O)(=O)c4ccccc4)CC3)cc2)c1. The Morgan fingerprint density at radius 1 is 0.909 bits per heavy atom. The smallest absolute Gasteiger partial charge is 0.255 e. The molecule has 8 heteroatoms. The van der Waals surface area contributed by atoms with Gasteiger partial charge >= 0.3 is 0 Å². The van der Waals surface area contributed by atoms with Gasteiger partial charge in [0.1, 0.15) is 5.75 Å². The van der Waals surface area contributed by atoms with E-state index in [4.69, 9.17) is 4.74 Å². The molecule has 172 valence electrons. The van der Waals surface area contributed by atoms with Crippen LogP contribution < -0.4 is 10.1 Å². The van der Waals surface area contributed by atoms with Gasteiger partial charge in [0.05, 0.1) is 12.0 Å². The van der Waals surface area contributed by atoms with Crippen molar-refractivity contribution in [2.24, 2.45) is 0 Å². The number of carbonyl (C=O) groups is 1. The number of ether oxygens (including phenoxy) is 1. The molecule has 1 aliphatic heterocycles. The number of rotatable bonds is 7. The summed E-state index contributed by atoms with van der Waals surface area (Å²) >= 11 is 0. The van der Waals surface area contributed by atoms with Crippen LogP contribution in [0.15, 0.2) is 83.8 Å². The molecular formula is C25H27N3O4S. The number of piperazine rings is 1. The fourth-order valence-corrected chi connectivity index (χ4v) is 5.24. The fraction of sp³-hybridized carbons (Fsp3) is 0.240. The normalized spacial score (nSPS) is 15.2. The lowest BCUT2D eigenvalue weighted by Crippen LogP contribution is -2.48. The standard InChI is InChI=1S/C25H27N3O4S/c1-32-23-7-5-6-22(18-23)26-25(29)21-12-10-20(11-13-21)19-27-14-16-28(17-15-27)33(30,31)24-8-3-2-4-9-24/h2-13,18H,14-17,19H2,1H3,(H,26,29). The van der Waals surface area contributed by atoms with Crippen LogP contribution in [0.25, 0.3) is 0 Å². The molecule has 1 fully saturated rings. The molecule has 1 heterocycles. The number of nitrogens with one attached hydrogen (secondary N) is 1. The van der Waals surface area contributed by atoms with E-state index >= 15 is 0 Å². The molecule has 0 aromatic heterocycles. The molecule has 1 N–H and O–H groups in total. The predicted octanol–water partition coefficient (Wildman–Crippen LogP) is 3.45. The van der Waals surface area contributed by atoms with Crippen LogP contribution in [-0.4, -0.2) is 56.8 Å². The van der Waals surface area contributed by atoms with Crippen LogP contribution in [0, 0.1) is 0 Å². The summed E-state index contributed by atoms with van der Waals surface area (Å²) in [6.45, 7) is 2.93. The lowest BCUT2D eigenvalue weighted by atomic mass is 10.1. The van der Waals surface area contributed by atoms with Gasteiger partial charge < -0.3 is 10.1 Å². The zero-order chi connectivity index (χ0) is 23.3. The Hall–Kier alpha value is -3.20. The van der Waals surface area contributed by atoms with Gasteiger partial charge in [-0.2, -0.15) is 4.31 Å². The van der Waals surface area contributed by atoms with Gasteiger partial charge in [-0.15, -0.1) is 0 Å². The molecule has 0 radical (unpaired) electrons. The molecule has 7 nitrogen and oxygen atoms in total. The van der Waals surface area contributed by atoms with E-state index in [2.05, 4.69) is 10.2 Å². The molecule has 0 saturated carbocycles. The lowest BCUT2D eigenvalue weighted by Gasteiger charge is -2.34. The number of carbonyl (C=O) groups excluding carboxylic acids is 1. The number of methoxy groups -OCH3 is 1. The van der Waals surface area contributed by atoms with E-state index < -0.39 is 10.0 Å². The molecule has 1 saturated heterocycles. The van der Waals surface area contributed by atoms with Crippen molar-refractivity contribution in [2.45, 2.75) is 11.4 Å². The number of hydrogen-bond acceptors (Lipinski definition) is 5. The minimum Gasteiger partial charge on any atom is -0.497 e. The summed E-state index contributed by atoms with van der Waals surface area (Å²) in [7, 11) is -1.86. The Morgan fingerprint density at radius 3 is 2.27 bits per heavy atom. The summed E-state index contributed by atoms with van der Waals surface area (Å²) in [6, 6.07) is 23.3. The minimum atomic E-state index is -3.45. The Morgan fingerprint density at radius 2 is 1.61 bits per heavy atom. The van der Waals surface area contributed by atoms with Crippen LogP contribution in [0.4, 0.5) is 5.69 Å². The third-order valence-electron chi connectivity index (χ3n) is 5.66. The molecule has 0 spiro atoms. The van der Waals surface area contributed by atoms with E-state index in [9.17, 15) is 13.2 Å². The maximum absolute atomic E-state index is 12.8. The number of nitrogens with zero attached hydrogens (tertiary/aromatic N) is 2. The summed E-state index contributed by atoms with van der Waals surface area (Å²) in [6.07, 6.45) is 0. The van der Waals surface area contributed by atoms with Crippen LogP contribution in [0.3, 0.4) is 0 Å². The molecule has 3 aromatic carbocycles. The van der Waals surface area contributed by atoms with Gasteiger partial charge in [0.15, 0.2) is 0 Å². The fourth-order valence-electron chi connectivity index (χ4n) is 3.79. The van der Waals surface area contributed by atoms with Gasteiger partial charge in [0, 0.05) is 50.0 Å². The number of anilines is 1. The highest BCUT2D eigenvalue weighted by Gasteiger charge is 2.28. The number of sulfonamides is 1. The quantitative estimate of drug-likeness (QED) is 0.578. The molecule has 0 aliphatic carbocycles. The van der Waals surface area contributed by atoms with Crippen molar-refractivity contribution in [3.8, 4) is 5.75 Å². The van der Waals surface area contributed by atoms with Gasteiger partial charge in [-0.05, 0) is 42.0 Å². The van der Waals surface area contributed by atoms with E-state index in [1.54, 1.807) is 53.9 Å². The predicted molar refractivity (Wildman–Crippen MR) is 128 cm³/mol. The maximum Gasteiger partial charge on any atom is 0.255 e. The molecule has 0 unspecified atom stereocenters. The van der Waals surface area contributed by atoms with E-state index in [1.807, 2.05) is 36.4 Å². The van der Waals surface area contributed by atoms with Gasteiger partial charge in [0.2, 0.25) is 10.0 Å². The van der Waals surface area contributed by atoms with Crippen molar-refractivity contribution in [3.05, 3.63) is 90.0 Å². The number of hydrogen-bond donors (Lipinski definition) is 1. The Labute approximate surface area is 194 Å². The Bertz CT molecular complexity index is 1190. The number of amides is 1. The highest BCUT2D eigenvalue weighted by molar-refractivity contribution is 7.89. The molecule has 3 aromatic rings. The van der Waals surface area contributed by atoms with Crippen molar-refractivity contribution >= 4 is 21.6 Å². The maximum atomic E-state index is 12.8. The minimum absolute atomic E-state index is 0.186. The van der Waals surface area contributed by atoms with Crippen molar-refractivity contribution in [1.29, 1.82) is 0 Å². The van der Waals surface area contributed by atoms with Crippen molar-refractivity contribution in [3.63, 3.8) is 0 Å². The third-order valence-corrected chi connectivity index (χ3v) is 7.58. The van der Waals surface area contributed by atoms with Crippen LogP contribution >= 0.6 is 0 Å². The van der Waals surface area contributed by atoms with Gasteiger partial charge in [-0.3, -0.25) is 9.69 Å². The van der Waals surface area contributed by atoms with E-state index in [1.165, 1.54) is 0 Å². The molecule has 1 aliphatic rings. The second-order valence-electron chi connectivity index (χ2n) is 7.88. The van der Waals surface area contributed by atoms with Crippen molar-refractivity contribution in [1.82, 2.24) is 9.21 Å². The first-order chi connectivity index (χ1) is 16.0. The zero-order valence-electron chi connectivity index (χ0n) is 18.5. The Kier molecular flexibility index (Phi) is 7.08. The van der Waals surface area contributed by atoms with Crippen LogP contribution in [0.5, 0.6) is 5.75 Å². The average molecular weight is 466 g/mol. The van der Waals surface area contributed by atoms with Gasteiger partial charge in [-0.25, -0.2) is 8.42 Å². The van der Waals surface area contributed by atoms with Crippen molar-refractivity contribution < 1.29 is 17.9 Å². The van der Waals surface area contributed by atoms with E-state index in [0.717, 1.165) is 5.56 Å². The van der Waals surface area contributed by atoms with Gasteiger partial charge in [0.25, 0.3) is 5.91 Å². The summed E-state index contributed by atoms with van der Waals surface area (Å²) < 4.78 is 32.3. The van der Waals surface area contributed by atoms with Crippen LogP contribution in [0.1, 0.15) is 15.9 Å². The van der Waals surface area contributed by atoms with Crippen molar-refractivity contribution in [2.75, 3.05) is 38.6 Å². The second kappa shape index (κ2) is 10.2. The first-order valence-corrected chi connectivity index (χ1v) is 12.2. The average Bonchev–Trinajstić information content (AvgIpc) is 2.85. The monoisotopic (exact) mass is 465 g/mol. The first kappa shape index (κ1) is 23.0. The highest BCUT2D eigenvalue weighted by Crippen LogP contribution is 2.20. The Balaban J connectivity index is 1.31. The lowest BCUT2D eigenvalue weighted by molar-refractivity contribution is 0.102. The molecule has 1 amide bonds. The van der Waals surface area contributed by atoms with Crippen LogP contribution in [-0.2, 0) is 16.6 Å².